The van der Waals surface area contributed by atoms with E-state index in [-0.39, 0.29) is 12.5 Å². The predicted octanol–water partition coefficient (Wildman–Crippen LogP) is 2.43. The molecule has 0 saturated carbocycles. The van der Waals surface area contributed by atoms with Crippen LogP contribution in [0.1, 0.15) is 13.8 Å². The summed E-state index contributed by atoms with van der Waals surface area (Å²) in [7, 11) is 0. The molecule has 0 unspecified atom stereocenters. The lowest BCUT2D eigenvalue weighted by molar-refractivity contribution is -0.119. The molecule has 0 aliphatic heterocycles. The first kappa shape index (κ1) is 14.5. The summed E-state index contributed by atoms with van der Waals surface area (Å²) in [5, 5.41) is 12.1. The van der Waals surface area contributed by atoms with Gasteiger partial charge in [-0.05, 0) is 38.1 Å². The SMILES string of the molecule is CC(C)(O)CNC(=O)CSc1ccc(Br)cc1. The van der Waals surface area contributed by atoms with Crippen molar-refractivity contribution in [2.75, 3.05) is 12.3 Å². The Balaban J connectivity index is 2.31. The number of rotatable bonds is 5. The highest BCUT2D eigenvalue weighted by molar-refractivity contribution is 9.10. The number of aliphatic hydroxyl groups is 1. The van der Waals surface area contributed by atoms with Gasteiger partial charge in [0.05, 0.1) is 11.4 Å². The minimum absolute atomic E-state index is 0.0694. The average molecular weight is 318 g/mol. The molecular formula is C12H16BrNO2S. The fourth-order valence-electron chi connectivity index (χ4n) is 1.05. The first-order valence-electron chi connectivity index (χ1n) is 5.24. The minimum Gasteiger partial charge on any atom is -0.389 e. The van der Waals surface area contributed by atoms with Gasteiger partial charge in [0.1, 0.15) is 0 Å². The molecule has 0 atom stereocenters. The molecule has 5 heteroatoms. The van der Waals surface area contributed by atoms with E-state index in [2.05, 4.69) is 21.2 Å². The van der Waals surface area contributed by atoms with Crippen LogP contribution in [0.3, 0.4) is 0 Å². The van der Waals surface area contributed by atoms with Crippen LogP contribution >= 0.6 is 27.7 Å². The number of nitrogens with one attached hydrogen (secondary N) is 1. The second-order valence-electron chi connectivity index (χ2n) is 4.33. The van der Waals surface area contributed by atoms with Gasteiger partial charge in [0.2, 0.25) is 5.91 Å². The fraction of sp³-hybridized carbons (Fsp3) is 0.417. The maximum Gasteiger partial charge on any atom is 0.230 e. The molecule has 3 nitrogen and oxygen atoms in total. The average Bonchev–Trinajstić information content (AvgIpc) is 2.25. The predicted molar refractivity (Wildman–Crippen MR) is 74.2 cm³/mol. The summed E-state index contributed by atoms with van der Waals surface area (Å²) in [6, 6.07) is 7.80. The molecule has 0 radical (unpaired) electrons. The lowest BCUT2D eigenvalue weighted by Gasteiger charge is -2.17. The van der Waals surface area contributed by atoms with E-state index in [1.54, 1.807) is 13.8 Å². The topological polar surface area (TPSA) is 49.3 Å². The number of halogens is 1. The van der Waals surface area contributed by atoms with Crippen LogP contribution < -0.4 is 5.32 Å². The Kier molecular flexibility index (Phi) is 5.49. The largest absolute Gasteiger partial charge is 0.389 e. The van der Waals surface area contributed by atoms with E-state index in [1.807, 2.05) is 24.3 Å². The van der Waals surface area contributed by atoms with Crippen LogP contribution in [-0.2, 0) is 4.79 Å². The molecule has 1 amide bonds. The molecule has 1 rings (SSSR count). The van der Waals surface area contributed by atoms with Gasteiger partial charge < -0.3 is 10.4 Å². The normalized spacial score (nSPS) is 11.3. The summed E-state index contributed by atoms with van der Waals surface area (Å²) in [4.78, 5) is 12.5. The number of thioether (sulfide) groups is 1. The summed E-state index contributed by atoms with van der Waals surface area (Å²) in [5.41, 5.74) is -0.863. The Bertz CT molecular complexity index is 373. The molecule has 94 valence electrons. The van der Waals surface area contributed by atoms with Crippen molar-refractivity contribution in [3.8, 4) is 0 Å². The zero-order chi connectivity index (χ0) is 12.9. The van der Waals surface area contributed by atoms with E-state index in [0.29, 0.717) is 5.75 Å². The van der Waals surface area contributed by atoms with E-state index in [0.717, 1.165) is 9.37 Å². The molecule has 0 aromatic heterocycles. The van der Waals surface area contributed by atoms with Crippen LogP contribution in [0.4, 0.5) is 0 Å². The van der Waals surface area contributed by atoms with Crippen molar-refractivity contribution < 1.29 is 9.90 Å². The van der Waals surface area contributed by atoms with Crippen molar-refractivity contribution in [3.63, 3.8) is 0 Å². The third-order valence-corrected chi connectivity index (χ3v) is 3.44. The van der Waals surface area contributed by atoms with Gasteiger partial charge in [0, 0.05) is 15.9 Å². The first-order valence-corrected chi connectivity index (χ1v) is 7.02. The van der Waals surface area contributed by atoms with E-state index >= 15 is 0 Å². The standard InChI is InChI=1S/C12H16BrNO2S/c1-12(2,16)8-14-11(15)7-17-10-5-3-9(13)4-6-10/h3-6,16H,7-8H2,1-2H3,(H,14,15). The zero-order valence-electron chi connectivity index (χ0n) is 9.87. The van der Waals surface area contributed by atoms with E-state index in [9.17, 15) is 9.90 Å². The van der Waals surface area contributed by atoms with Gasteiger partial charge in [-0.15, -0.1) is 11.8 Å². The molecule has 0 fully saturated rings. The number of amides is 1. The zero-order valence-corrected chi connectivity index (χ0v) is 12.3. The molecule has 0 spiro atoms. The molecule has 0 bridgehead atoms. The number of benzene rings is 1. The van der Waals surface area contributed by atoms with Crippen LogP contribution in [0.15, 0.2) is 33.6 Å². The summed E-state index contributed by atoms with van der Waals surface area (Å²) in [6.45, 7) is 3.59. The highest BCUT2D eigenvalue weighted by Crippen LogP contribution is 2.20. The van der Waals surface area contributed by atoms with Gasteiger partial charge in [-0.25, -0.2) is 0 Å². The lowest BCUT2D eigenvalue weighted by Crippen LogP contribution is -2.38. The quantitative estimate of drug-likeness (QED) is 0.820. The van der Waals surface area contributed by atoms with Crippen molar-refractivity contribution in [3.05, 3.63) is 28.7 Å². The minimum atomic E-state index is -0.863. The second kappa shape index (κ2) is 6.42. The molecule has 1 aromatic carbocycles. The summed E-state index contributed by atoms with van der Waals surface area (Å²) in [6.07, 6.45) is 0. The van der Waals surface area contributed by atoms with Crippen LogP contribution in [-0.4, -0.2) is 28.9 Å². The maximum atomic E-state index is 11.5. The Hall–Kier alpha value is -0.520. The molecule has 2 N–H and O–H groups in total. The van der Waals surface area contributed by atoms with Crippen LogP contribution in [0.25, 0.3) is 0 Å². The molecule has 1 aromatic rings. The lowest BCUT2D eigenvalue weighted by atomic mass is 10.1. The molecule has 0 saturated heterocycles. The second-order valence-corrected chi connectivity index (χ2v) is 6.30. The van der Waals surface area contributed by atoms with Crippen molar-refractivity contribution in [2.45, 2.75) is 24.3 Å². The Morgan fingerprint density at radius 1 is 1.41 bits per heavy atom. The summed E-state index contributed by atoms with van der Waals surface area (Å²) < 4.78 is 1.02. The van der Waals surface area contributed by atoms with Crippen molar-refractivity contribution in [1.29, 1.82) is 0 Å². The van der Waals surface area contributed by atoms with Crippen molar-refractivity contribution in [2.24, 2.45) is 0 Å². The number of carbonyl (C=O) groups is 1. The van der Waals surface area contributed by atoms with Crippen molar-refractivity contribution >= 4 is 33.6 Å². The first-order chi connectivity index (χ1) is 7.87. The van der Waals surface area contributed by atoms with Gasteiger partial charge in [0.25, 0.3) is 0 Å². The smallest absolute Gasteiger partial charge is 0.230 e. The number of hydrogen-bond acceptors (Lipinski definition) is 3. The molecule has 0 aliphatic rings. The van der Waals surface area contributed by atoms with Gasteiger partial charge >= 0.3 is 0 Å². The molecule has 0 aliphatic carbocycles. The van der Waals surface area contributed by atoms with Crippen LogP contribution in [0.5, 0.6) is 0 Å². The summed E-state index contributed by atoms with van der Waals surface area (Å²) in [5.74, 6) is 0.289. The van der Waals surface area contributed by atoms with Gasteiger partial charge in [0.15, 0.2) is 0 Å². The third-order valence-electron chi connectivity index (χ3n) is 1.90. The molecule has 0 heterocycles. The van der Waals surface area contributed by atoms with Crippen LogP contribution in [0.2, 0.25) is 0 Å². The fourth-order valence-corrected chi connectivity index (χ4v) is 2.04. The summed E-state index contributed by atoms with van der Waals surface area (Å²) >= 11 is 4.83. The Morgan fingerprint density at radius 2 is 2.00 bits per heavy atom. The monoisotopic (exact) mass is 317 g/mol. The van der Waals surface area contributed by atoms with Crippen LogP contribution in [0, 0.1) is 0 Å². The van der Waals surface area contributed by atoms with E-state index in [1.165, 1.54) is 11.8 Å². The number of carbonyl (C=O) groups excluding carboxylic acids is 1. The Morgan fingerprint density at radius 3 is 2.53 bits per heavy atom. The molecule has 17 heavy (non-hydrogen) atoms. The van der Waals surface area contributed by atoms with E-state index in [4.69, 9.17) is 0 Å². The highest BCUT2D eigenvalue weighted by Gasteiger charge is 2.13. The van der Waals surface area contributed by atoms with Crippen molar-refractivity contribution in [1.82, 2.24) is 5.32 Å². The van der Waals surface area contributed by atoms with E-state index < -0.39 is 5.60 Å². The maximum absolute atomic E-state index is 11.5. The third kappa shape index (κ3) is 6.71. The van der Waals surface area contributed by atoms with Gasteiger partial charge in [-0.3, -0.25) is 4.79 Å². The number of hydrogen-bond donors (Lipinski definition) is 2. The van der Waals surface area contributed by atoms with Gasteiger partial charge in [-0.2, -0.15) is 0 Å². The molecular weight excluding hydrogens is 302 g/mol. The Labute approximate surface area is 114 Å². The highest BCUT2D eigenvalue weighted by atomic mass is 79.9. The van der Waals surface area contributed by atoms with Gasteiger partial charge in [-0.1, -0.05) is 15.9 Å².